The van der Waals surface area contributed by atoms with Crippen molar-refractivity contribution in [3.63, 3.8) is 0 Å². The molecule has 0 saturated carbocycles. The molecule has 0 aliphatic rings. The van der Waals surface area contributed by atoms with Crippen molar-refractivity contribution in [2.24, 2.45) is 0 Å². The summed E-state index contributed by atoms with van der Waals surface area (Å²) in [6.45, 7) is 2.27. The zero-order valence-corrected chi connectivity index (χ0v) is 19.5. The second-order valence-electron chi connectivity index (χ2n) is 8.92. The molecule has 0 amide bonds. The molecular weight excluding hydrogens is 372 g/mol. The molecule has 0 unspecified atom stereocenters. The number of Topliss-reactive ketones (excluding diaryl/α,β-unsaturated/α-hetero) is 1. The number of phenolic OH excluding ortho intramolecular Hbond substituents is 2. The van der Waals surface area contributed by atoms with Gasteiger partial charge in [-0.1, -0.05) is 103 Å². The molecule has 2 N–H and O–H groups in total. The van der Waals surface area contributed by atoms with Gasteiger partial charge >= 0.3 is 0 Å². The van der Waals surface area contributed by atoms with E-state index >= 15 is 0 Å². The summed E-state index contributed by atoms with van der Waals surface area (Å²) in [4.78, 5) is 12.0. The van der Waals surface area contributed by atoms with Crippen molar-refractivity contribution in [2.75, 3.05) is 0 Å². The van der Waals surface area contributed by atoms with Gasteiger partial charge in [-0.05, 0) is 37.0 Å². The summed E-state index contributed by atoms with van der Waals surface area (Å²) >= 11 is 0. The average molecular weight is 419 g/mol. The molecule has 3 heteroatoms. The topological polar surface area (TPSA) is 57.5 Å². The van der Waals surface area contributed by atoms with E-state index in [2.05, 4.69) is 6.92 Å². The van der Waals surface area contributed by atoms with Gasteiger partial charge in [0, 0.05) is 12.8 Å². The molecule has 0 atom stereocenters. The number of aryl methyl sites for hydroxylation is 1. The van der Waals surface area contributed by atoms with E-state index in [0.29, 0.717) is 18.6 Å². The maximum Gasteiger partial charge on any atom is 0.157 e. The van der Waals surface area contributed by atoms with Gasteiger partial charge < -0.3 is 10.2 Å². The quantitative estimate of drug-likeness (QED) is 0.165. The van der Waals surface area contributed by atoms with E-state index in [1.165, 1.54) is 96.0 Å². The van der Waals surface area contributed by atoms with Gasteiger partial charge in [0.15, 0.2) is 11.5 Å². The Morgan fingerprint density at radius 1 is 0.633 bits per heavy atom. The van der Waals surface area contributed by atoms with Crippen LogP contribution in [0.1, 0.15) is 128 Å². The van der Waals surface area contributed by atoms with Gasteiger partial charge in [-0.2, -0.15) is 0 Å². The van der Waals surface area contributed by atoms with Crippen molar-refractivity contribution in [3.8, 4) is 11.5 Å². The predicted octanol–water partition coefficient (Wildman–Crippen LogP) is 8.25. The predicted molar refractivity (Wildman–Crippen MR) is 127 cm³/mol. The fourth-order valence-electron chi connectivity index (χ4n) is 4.03. The van der Waals surface area contributed by atoms with Crippen molar-refractivity contribution in [1.29, 1.82) is 0 Å². The maximum atomic E-state index is 12.0. The summed E-state index contributed by atoms with van der Waals surface area (Å²) in [5, 5.41) is 18.8. The smallest absolute Gasteiger partial charge is 0.157 e. The standard InChI is InChI=1S/C27H46O3/c1-2-3-4-5-6-7-8-9-10-11-12-13-14-15-16-19-25(28)20-17-18-24-21-22-26(29)27(30)23-24/h21-23,29-30H,2-20H2,1H3. The number of carbonyl (C=O) groups excluding carboxylic acids is 1. The lowest BCUT2D eigenvalue weighted by Gasteiger charge is -2.05. The van der Waals surface area contributed by atoms with Gasteiger partial charge in [0.05, 0.1) is 0 Å². The number of unbranched alkanes of at least 4 members (excludes halogenated alkanes) is 14. The SMILES string of the molecule is CCCCCCCCCCCCCCCCCC(=O)CCCc1ccc(O)c(O)c1. The number of aromatic hydroxyl groups is 2. The first-order valence-electron chi connectivity index (χ1n) is 12.7. The highest BCUT2D eigenvalue weighted by Gasteiger charge is 2.04. The normalized spacial score (nSPS) is 11.1. The largest absolute Gasteiger partial charge is 0.504 e. The molecule has 1 aromatic carbocycles. The average Bonchev–Trinajstić information content (AvgIpc) is 2.73. The number of hydrogen-bond donors (Lipinski definition) is 2. The number of benzene rings is 1. The van der Waals surface area contributed by atoms with E-state index in [4.69, 9.17) is 0 Å². The molecule has 0 fully saturated rings. The molecular formula is C27H46O3. The van der Waals surface area contributed by atoms with Crippen LogP contribution in [0.4, 0.5) is 0 Å². The van der Waals surface area contributed by atoms with Gasteiger partial charge in [0.25, 0.3) is 0 Å². The van der Waals surface area contributed by atoms with Crippen LogP contribution in [0, 0.1) is 0 Å². The molecule has 30 heavy (non-hydrogen) atoms. The van der Waals surface area contributed by atoms with E-state index in [1.54, 1.807) is 12.1 Å². The van der Waals surface area contributed by atoms with Crippen molar-refractivity contribution >= 4 is 5.78 Å². The summed E-state index contributed by atoms with van der Waals surface area (Å²) in [5.74, 6) is 0.173. The zero-order chi connectivity index (χ0) is 21.9. The first-order chi connectivity index (χ1) is 14.6. The van der Waals surface area contributed by atoms with Crippen LogP contribution in [0.5, 0.6) is 11.5 Å². The van der Waals surface area contributed by atoms with Crippen LogP contribution in [0.3, 0.4) is 0 Å². The molecule has 0 aliphatic carbocycles. The van der Waals surface area contributed by atoms with E-state index < -0.39 is 0 Å². The van der Waals surface area contributed by atoms with Crippen LogP contribution < -0.4 is 0 Å². The lowest BCUT2D eigenvalue weighted by molar-refractivity contribution is -0.119. The summed E-state index contributed by atoms with van der Waals surface area (Å²) in [6.07, 6.45) is 23.1. The Kier molecular flexibility index (Phi) is 16.2. The minimum atomic E-state index is -0.0945. The van der Waals surface area contributed by atoms with E-state index in [0.717, 1.165) is 24.8 Å². The first-order valence-corrected chi connectivity index (χ1v) is 12.7. The van der Waals surface area contributed by atoms with Crippen molar-refractivity contribution in [3.05, 3.63) is 23.8 Å². The molecule has 0 aromatic heterocycles. The Balaban J connectivity index is 1.83. The van der Waals surface area contributed by atoms with Crippen LogP contribution in [0.25, 0.3) is 0 Å². The van der Waals surface area contributed by atoms with Crippen molar-refractivity contribution in [2.45, 2.75) is 129 Å². The molecule has 3 nitrogen and oxygen atoms in total. The van der Waals surface area contributed by atoms with Crippen LogP contribution in [0.15, 0.2) is 18.2 Å². The molecule has 0 saturated heterocycles. The minimum Gasteiger partial charge on any atom is -0.504 e. The monoisotopic (exact) mass is 418 g/mol. The van der Waals surface area contributed by atoms with Gasteiger partial charge in [0.1, 0.15) is 5.78 Å². The molecule has 1 aromatic rings. The molecule has 0 radical (unpaired) electrons. The van der Waals surface area contributed by atoms with Crippen molar-refractivity contribution in [1.82, 2.24) is 0 Å². The Morgan fingerprint density at radius 2 is 1.10 bits per heavy atom. The fraction of sp³-hybridized carbons (Fsp3) is 0.741. The maximum absolute atomic E-state index is 12.0. The Hall–Kier alpha value is -1.51. The summed E-state index contributed by atoms with van der Waals surface area (Å²) in [7, 11) is 0. The third-order valence-corrected chi connectivity index (χ3v) is 6.02. The van der Waals surface area contributed by atoms with Crippen LogP contribution in [-0.2, 0) is 11.2 Å². The van der Waals surface area contributed by atoms with E-state index in [1.807, 2.05) is 0 Å². The molecule has 1 rings (SSSR count). The number of phenols is 2. The lowest BCUT2D eigenvalue weighted by Crippen LogP contribution is -1.99. The van der Waals surface area contributed by atoms with Gasteiger partial charge in [-0.15, -0.1) is 0 Å². The van der Waals surface area contributed by atoms with Crippen LogP contribution in [-0.4, -0.2) is 16.0 Å². The Labute approximate surface area is 185 Å². The molecule has 0 spiro atoms. The highest BCUT2D eigenvalue weighted by molar-refractivity contribution is 5.78. The molecule has 172 valence electrons. The number of ketones is 1. The molecule has 0 heterocycles. The third kappa shape index (κ3) is 14.5. The molecule has 0 bridgehead atoms. The summed E-state index contributed by atoms with van der Waals surface area (Å²) < 4.78 is 0. The first kappa shape index (κ1) is 26.5. The lowest BCUT2D eigenvalue weighted by atomic mass is 10.0. The van der Waals surface area contributed by atoms with E-state index in [9.17, 15) is 15.0 Å². The van der Waals surface area contributed by atoms with Crippen LogP contribution in [0.2, 0.25) is 0 Å². The van der Waals surface area contributed by atoms with Crippen LogP contribution >= 0.6 is 0 Å². The zero-order valence-electron chi connectivity index (χ0n) is 19.5. The highest BCUT2D eigenvalue weighted by Crippen LogP contribution is 2.25. The second-order valence-corrected chi connectivity index (χ2v) is 8.92. The van der Waals surface area contributed by atoms with Gasteiger partial charge in [-0.25, -0.2) is 0 Å². The number of hydrogen-bond acceptors (Lipinski definition) is 3. The van der Waals surface area contributed by atoms with Gasteiger partial charge in [-0.3, -0.25) is 4.79 Å². The molecule has 0 aliphatic heterocycles. The van der Waals surface area contributed by atoms with Gasteiger partial charge in [0.2, 0.25) is 0 Å². The highest BCUT2D eigenvalue weighted by atomic mass is 16.3. The minimum absolute atomic E-state index is 0.0865. The Morgan fingerprint density at radius 3 is 1.60 bits per heavy atom. The third-order valence-electron chi connectivity index (χ3n) is 6.02. The number of rotatable bonds is 20. The Bertz CT molecular complexity index is 553. The van der Waals surface area contributed by atoms with Crippen molar-refractivity contribution < 1.29 is 15.0 Å². The summed E-state index contributed by atoms with van der Waals surface area (Å²) in [5.41, 5.74) is 0.963. The summed E-state index contributed by atoms with van der Waals surface area (Å²) in [6, 6.07) is 4.88. The number of carbonyl (C=O) groups is 1. The fourth-order valence-corrected chi connectivity index (χ4v) is 4.03. The second kappa shape index (κ2) is 18.3. The van der Waals surface area contributed by atoms with E-state index in [-0.39, 0.29) is 11.5 Å².